The first-order chi connectivity index (χ1) is 14.6. The lowest BCUT2D eigenvalue weighted by Gasteiger charge is -2.23. The highest BCUT2D eigenvalue weighted by Gasteiger charge is 2.33. The first kappa shape index (κ1) is 20.3. The Bertz CT molecular complexity index is 946. The van der Waals surface area contributed by atoms with Gasteiger partial charge in [-0.05, 0) is 43.9 Å². The van der Waals surface area contributed by atoms with Crippen molar-refractivity contribution in [1.82, 2.24) is 19.8 Å². The van der Waals surface area contributed by atoms with E-state index in [2.05, 4.69) is 10.3 Å². The van der Waals surface area contributed by atoms with Crippen LogP contribution in [-0.2, 0) is 17.9 Å². The van der Waals surface area contributed by atoms with Gasteiger partial charge in [-0.3, -0.25) is 19.4 Å². The highest BCUT2D eigenvalue weighted by molar-refractivity contribution is 5.94. The minimum Gasteiger partial charge on any atom is -0.349 e. The van der Waals surface area contributed by atoms with Gasteiger partial charge in [-0.25, -0.2) is 0 Å². The number of nitrogens with one attached hydrogen (secondary N) is 1. The molecule has 2 fully saturated rings. The Morgan fingerprint density at radius 1 is 1.07 bits per heavy atom. The molecule has 7 nitrogen and oxygen atoms in total. The molecule has 1 N–H and O–H groups in total. The molecular formula is C23H28N4O3. The van der Waals surface area contributed by atoms with Crippen molar-refractivity contribution in [3.63, 3.8) is 0 Å². The molecule has 2 aliphatic carbocycles. The molecule has 2 amide bonds. The molecule has 7 heteroatoms. The molecule has 0 atom stereocenters. The second kappa shape index (κ2) is 9.24. The van der Waals surface area contributed by atoms with Crippen molar-refractivity contribution in [2.45, 2.75) is 70.1 Å². The molecule has 0 spiro atoms. The molecule has 158 valence electrons. The van der Waals surface area contributed by atoms with E-state index in [1.165, 1.54) is 29.3 Å². The Morgan fingerprint density at radius 2 is 1.87 bits per heavy atom. The average molecular weight is 409 g/mol. The summed E-state index contributed by atoms with van der Waals surface area (Å²) < 4.78 is 1.34. The van der Waals surface area contributed by atoms with Gasteiger partial charge in [0, 0.05) is 30.5 Å². The molecule has 2 aromatic heterocycles. The number of amides is 2. The number of carbonyl (C=O) groups is 2. The normalized spacial score (nSPS) is 16.8. The van der Waals surface area contributed by atoms with Crippen LogP contribution in [0.3, 0.4) is 0 Å². The second-order valence-corrected chi connectivity index (χ2v) is 8.27. The van der Waals surface area contributed by atoms with Crippen LogP contribution in [0.2, 0.25) is 0 Å². The molecule has 30 heavy (non-hydrogen) atoms. The van der Waals surface area contributed by atoms with Crippen LogP contribution in [0.1, 0.15) is 61.0 Å². The van der Waals surface area contributed by atoms with E-state index in [-0.39, 0.29) is 36.0 Å². The van der Waals surface area contributed by atoms with Crippen LogP contribution >= 0.6 is 0 Å². The fourth-order valence-corrected chi connectivity index (χ4v) is 4.01. The van der Waals surface area contributed by atoms with Gasteiger partial charge in [0.2, 0.25) is 5.91 Å². The van der Waals surface area contributed by atoms with Gasteiger partial charge in [-0.1, -0.05) is 25.3 Å². The van der Waals surface area contributed by atoms with Crippen molar-refractivity contribution in [1.29, 1.82) is 0 Å². The lowest BCUT2D eigenvalue weighted by molar-refractivity contribution is -0.133. The minimum absolute atomic E-state index is 0.0767. The van der Waals surface area contributed by atoms with Crippen molar-refractivity contribution in [3.8, 4) is 0 Å². The summed E-state index contributed by atoms with van der Waals surface area (Å²) in [6, 6.07) is 8.93. The van der Waals surface area contributed by atoms with Gasteiger partial charge in [-0.2, -0.15) is 0 Å². The summed E-state index contributed by atoms with van der Waals surface area (Å²) in [5, 5.41) is 3.06. The second-order valence-electron chi connectivity index (χ2n) is 8.27. The highest BCUT2D eigenvalue weighted by atomic mass is 16.2. The van der Waals surface area contributed by atoms with Crippen LogP contribution in [0.15, 0.2) is 47.5 Å². The van der Waals surface area contributed by atoms with E-state index in [1.54, 1.807) is 11.1 Å². The van der Waals surface area contributed by atoms with Crippen molar-refractivity contribution in [2.24, 2.45) is 0 Å². The molecule has 0 bridgehead atoms. The van der Waals surface area contributed by atoms with E-state index in [1.807, 2.05) is 18.2 Å². The van der Waals surface area contributed by atoms with Gasteiger partial charge in [-0.15, -0.1) is 0 Å². The monoisotopic (exact) mass is 408 g/mol. The summed E-state index contributed by atoms with van der Waals surface area (Å²) in [5.74, 6) is -0.314. The summed E-state index contributed by atoms with van der Waals surface area (Å²) in [6.07, 6.45) is 10.6. The van der Waals surface area contributed by atoms with E-state index in [0.29, 0.717) is 12.1 Å². The first-order valence-electron chi connectivity index (χ1n) is 10.8. The SMILES string of the molecule is O=C(NC1CCCCC1)c1ccc(=O)n(CC(=O)N(Cc2ccccn2)C2CC2)c1. The number of hydrogen-bond donors (Lipinski definition) is 1. The summed E-state index contributed by atoms with van der Waals surface area (Å²) in [7, 11) is 0. The molecular weight excluding hydrogens is 380 g/mol. The lowest BCUT2D eigenvalue weighted by atomic mass is 9.95. The van der Waals surface area contributed by atoms with Crippen LogP contribution in [0, 0.1) is 0 Å². The van der Waals surface area contributed by atoms with E-state index in [9.17, 15) is 14.4 Å². The zero-order valence-corrected chi connectivity index (χ0v) is 17.1. The lowest BCUT2D eigenvalue weighted by Crippen LogP contribution is -2.39. The molecule has 0 aromatic carbocycles. The Morgan fingerprint density at radius 3 is 2.57 bits per heavy atom. The molecule has 4 rings (SSSR count). The number of hydrogen-bond acceptors (Lipinski definition) is 4. The maximum atomic E-state index is 13.0. The molecule has 2 aliphatic rings. The van der Waals surface area contributed by atoms with Crippen LogP contribution in [0.25, 0.3) is 0 Å². The Labute approximate surface area is 176 Å². The van der Waals surface area contributed by atoms with Crippen LogP contribution in [0.5, 0.6) is 0 Å². The Hall–Kier alpha value is -2.96. The molecule has 0 saturated heterocycles. The third-order valence-electron chi connectivity index (χ3n) is 5.86. The number of pyridine rings is 2. The maximum absolute atomic E-state index is 13.0. The number of rotatable bonds is 7. The third kappa shape index (κ3) is 5.14. The average Bonchev–Trinajstić information content (AvgIpc) is 3.60. The molecule has 2 heterocycles. The predicted octanol–water partition coefficient (Wildman–Crippen LogP) is 2.50. The summed E-state index contributed by atoms with van der Waals surface area (Å²) in [4.78, 5) is 44.1. The topological polar surface area (TPSA) is 84.3 Å². The molecule has 0 radical (unpaired) electrons. The number of aromatic nitrogens is 2. The first-order valence-corrected chi connectivity index (χ1v) is 10.8. The van der Waals surface area contributed by atoms with Crippen LogP contribution < -0.4 is 10.9 Å². The maximum Gasteiger partial charge on any atom is 0.252 e. The van der Waals surface area contributed by atoms with Gasteiger partial charge in [0.25, 0.3) is 11.5 Å². The van der Waals surface area contributed by atoms with Crippen LogP contribution in [0.4, 0.5) is 0 Å². The van der Waals surface area contributed by atoms with Crippen molar-refractivity contribution < 1.29 is 9.59 Å². The summed E-state index contributed by atoms with van der Waals surface area (Å²) in [6.45, 7) is 0.355. The van der Waals surface area contributed by atoms with E-state index in [0.717, 1.165) is 44.2 Å². The molecule has 0 unspecified atom stereocenters. The van der Waals surface area contributed by atoms with Gasteiger partial charge >= 0.3 is 0 Å². The smallest absolute Gasteiger partial charge is 0.252 e. The molecule has 2 saturated carbocycles. The Kier molecular flexibility index (Phi) is 6.26. The number of nitrogens with zero attached hydrogens (tertiary/aromatic N) is 3. The highest BCUT2D eigenvalue weighted by Crippen LogP contribution is 2.28. The fourth-order valence-electron chi connectivity index (χ4n) is 4.01. The Balaban J connectivity index is 1.45. The van der Waals surface area contributed by atoms with E-state index >= 15 is 0 Å². The van der Waals surface area contributed by atoms with Crippen LogP contribution in [-0.4, -0.2) is 38.3 Å². The van der Waals surface area contributed by atoms with E-state index in [4.69, 9.17) is 0 Å². The zero-order valence-electron chi connectivity index (χ0n) is 17.1. The van der Waals surface area contributed by atoms with Gasteiger partial charge in [0.15, 0.2) is 0 Å². The third-order valence-corrected chi connectivity index (χ3v) is 5.86. The van der Waals surface area contributed by atoms with Gasteiger partial charge < -0.3 is 14.8 Å². The largest absolute Gasteiger partial charge is 0.349 e. The van der Waals surface area contributed by atoms with Crippen molar-refractivity contribution in [3.05, 3.63) is 64.3 Å². The summed E-state index contributed by atoms with van der Waals surface area (Å²) in [5.41, 5.74) is 0.951. The van der Waals surface area contributed by atoms with Gasteiger partial charge in [0.05, 0.1) is 17.8 Å². The standard InChI is InChI=1S/C23H28N4O3/c28-21-12-9-17(23(30)25-18-6-2-1-3-7-18)14-26(21)16-22(29)27(20-10-11-20)15-19-8-4-5-13-24-19/h4-5,8-9,12-14,18,20H,1-3,6-7,10-11,15-16H2,(H,25,30). The quantitative estimate of drug-likeness (QED) is 0.763. The predicted molar refractivity (Wildman–Crippen MR) is 113 cm³/mol. The number of carbonyl (C=O) groups excluding carboxylic acids is 2. The van der Waals surface area contributed by atoms with E-state index < -0.39 is 0 Å². The molecule has 0 aliphatic heterocycles. The van der Waals surface area contributed by atoms with Gasteiger partial charge in [0.1, 0.15) is 6.54 Å². The van der Waals surface area contributed by atoms with Crippen molar-refractivity contribution in [2.75, 3.05) is 0 Å². The minimum atomic E-state index is -0.286. The zero-order chi connectivity index (χ0) is 20.9. The molecule has 2 aromatic rings. The summed E-state index contributed by atoms with van der Waals surface area (Å²) >= 11 is 0. The van der Waals surface area contributed by atoms with Crippen molar-refractivity contribution >= 4 is 11.8 Å². The fraction of sp³-hybridized carbons (Fsp3) is 0.478.